The van der Waals surface area contributed by atoms with Gasteiger partial charge in [0.15, 0.2) is 0 Å². The molecule has 0 atom stereocenters. The Hall–Kier alpha value is -6.19. The van der Waals surface area contributed by atoms with Gasteiger partial charge in [0.2, 0.25) is 0 Å². The average molecular weight is 589 g/mol. The smallest absolute Gasteiger partial charge is 0.143 e. The zero-order valence-corrected chi connectivity index (χ0v) is 25.0. The molecule has 0 saturated heterocycles. The van der Waals surface area contributed by atoms with Crippen molar-refractivity contribution in [2.45, 2.75) is 0 Å². The number of benzene rings is 7. The molecule has 46 heavy (non-hydrogen) atoms. The average Bonchev–Trinajstić information content (AvgIpc) is 3.52. The summed E-state index contributed by atoms with van der Waals surface area (Å²) in [5.74, 6) is 0. The van der Waals surface area contributed by atoms with E-state index in [1.165, 1.54) is 21.9 Å². The summed E-state index contributed by atoms with van der Waals surface area (Å²) in [7, 11) is 0. The highest BCUT2D eigenvalue weighted by Gasteiger charge is 2.17. The fourth-order valence-electron chi connectivity index (χ4n) is 6.65. The summed E-state index contributed by atoms with van der Waals surface area (Å²) in [6.45, 7) is 0. The van der Waals surface area contributed by atoms with Crippen molar-refractivity contribution in [3.8, 4) is 22.4 Å². The molecular weight excluding hydrogens is 560 g/mol. The van der Waals surface area contributed by atoms with Gasteiger partial charge in [-0.1, -0.05) is 103 Å². The first kappa shape index (κ1) is 26.2. The van der Waals surface area contributed by atoms with Crippen LogP contribution in [0.2, 0.25) is 0 Å². The fraction of sp³-hybridized carbons (Fsp3) is 0. The topological polar surface area (TPSA) is 29.3 Å². The first-order valence-corrected chi connectivity index (χ1v) is 15.5. The molecule has 0 spiro atoms. The lowest BCUT2D eigenvalue weighted by Gasteiger charge is -2.26. The van der Waals surface area contributed by atoms with Gasteiger partial charge in [-0.05, 0) is 87.9 Å². The number of fused-ring (bicyclic) bond motifs is 7. The van der Waals surface area contributed by atoms with Gasteiger partial charge < -0.3 is 9.32 Å². The van der Waals surface area contributed by atoms with E-state index in [1.54, 1.807) is 0 Å². The van der Waals surface area contributed by atoms with E-state index < -0.39 is 0 Å². The molecule has 0 aliphatic rings. The number of hydrogen-bond acceptors (Lipinski definition) is 3. The van der Waals surface area contributed by atoms with Crippen molar-refractivity contribution in [2.75, 3.05) is 4.90 Å². The van der Waals surface area contributed by atoms with Crippen LogP contribution in [0.4, 0.5) is 17.1 Å². The van der Waals surface area contributed by atoms with Gasteiger partial charge in [0.25, 0.3) is 0 Å². The monoisotopic (exact) mass is 588 g/mol. The molecule has 0 aliphatic heterocycles. The number of rotatable bonds is 5. The van der Waals surface area contributed by atoms with Crippen molar-refractivity contribution in [1.82, 2.24) is 4.98 Å². The van der Waals surface area contributed by atoms with Crippen molar-refractivity contribution < 1.29 is 4.42 Å². The third-order valence-electron chi connectivity index (χ3n) is 8.90. The highest BCUT2D eigenvalue weighted by Crippen LogP contribution is 2.41. The van der Waals surface area contributed by atoms with Crippen LogP contribution in [0.3, 0.4) is 0 Å². The molecular formula is C43H28N2O. The minimum atomic E-state index is 0.915. The fourth-order valence-corrected chi connectivity index (χ4v) is 6.65. The quantitative estimate of drug-likeness (QED) is 0.187. The maximum atomic E-state index is 6.47. The lowest BCUT2D eigenvalue weighted by Crippen LogP contribution is -2.09. The molecule has 2 heterocycles. The lowest BCUT2D eigenvalue weighted by atomic mass is 9.98. The van der Waals surface area contributed by atoms with Crippen LogP contribution < -0.4 is 4.90 Å². The van der Waals surface area contributed by atoms with Crippen LogP contribution in [0.15, 0.2) is 174 Å². The first-order chi connectivity index (χ1) is 22.8. The highest BCUT2D eigenvalue weighted by molar-refractivity contribution is 6.23. The molecule has 3 heteroatoms. The summed E-state index contributed by atoms with van der Waals surface area (Å²) < 4.78 is 6.47. The summed E-state index contributed by atoms with van der Waals surface area (Å²) in [6, 6.07) is 57.8. The van der Waals surface area contributed by atoms with Crippen LogP contribution in [0.1, 0.15) is 0 Å². The van der Waals surface area contributed by atoms with Crippen LogP contribution >= 0.6 is 0 Å². The third-order valence-corrected chi connectivity index (χ3v) is 8.90. The Morgan fingerprint density at radius 1 is 0.435 bits per heavy atom. The van der Waals surface area contributed by atoms with Gasteiger partial charge in [-0.2, -0.15) is 0 Å². The van der Waals surface area contributed by atoms with Gasteiger partial charge in [-0.15, -0.1) is 0 Å². The summed E-state index contributed by atoms with van der Waals surface area (Å²) >= 11 is 0. The second kappa shape index (κ2) is 10.8. The van der Waals surface area contributed by atoms with Crippen LogP contribution in [0, 0.1) is 0 Å². The van der Waals surface area contributed by atoms with Gasteiger partial charge in [0.05, 0.1) is 5.69 Å². The Morgan fingerprint density at radius 2 is 1.07 bits per heavy atom. The summed E-state index contributed by atoms with van der Waals surface area (Å²) in [5.41, 5.74) is 9.54. The molecule has 0 amide bonds. The third kappa shape index (κ3) is 4.41. The molecule has 0 N–H and O–H groups in total. The van der Waals surface area contributed by atoms with E-state index in [9.17, 15) is 0 Å². The molecule has 2 aromatic heterocycles. The molecule has 9 aromatic rings. The number of pyridine rings is 1. The highest BCUT2D eigenvalue weighted by atomic mass is 16.3. The number of nitrogens with zero attached hydrogens (tertiary/aromatic N) is 2. The first-order valence-electron chi connectivity index (χ1n) is 15.5. The van der Waals surface area contributed by atoms with Crippen LogP contribution in [0.5, 0.6) is 0 Å². The van der Waals surface area contributed by atoms with E-state index in [0.29, 0.717) is 0 Å². The largest absolute Gasteiger partial charge is 0.455 e. The van der Waals surface area contributed by atoms with E-state index >= 15 is 0 Å². The molecule has 0 aliphatic carbocycles. The van der Waals surface area contributed by atoms with Crippen LogP contribution in [0.25, 0.3) is 65.9 Å². The van der Waals surface area contributed by atoms with Gasteiger partial charge in [0, 0.05) is 45.0 Å². The molecule has 0 fully saturated rings. The zero-order valence-electron chi connectivity index (χ0n) is 25.0. The summed E-state index contributed by atoms with van der Waals surface area (Å²) in [6.07, 6.45) is 1.84. The van der Waals surface area contributed by atoms with Gasteiger partial charge in [-0.25, -0.2) is 0 Å². The molecule has 0 unspecified atom stereocenters. The number of furan rings is 1. The zero-order chi connectivity index (χ0) is 30.5. The Balaban J connectivity index is 1.20. The van der Waals surface area contributed by atoms with Crippen molar-refractivity contribution in [3.05, 3.63) is 170 Å². The molecule has 216 valence electrons. The van der Waals surface area contributed by atoms with Gasteiger partial charge >= 0.3 is 0 Å². The Bertz CT molecular complexity index is 2420. The standard InChI is InChI=1S/C43H28N2O/c1-2-8-29(9-3-1)30-15-20-34(21-16-30)45(35-22-17-31(18-23-35)40-11-6-7-27-44-40)36-24-26-37-33(28-36)14-13-32-19-25-39-38-10-4-5-12-41(38)46-43(39)42(32)37/h1-28H. The predicted octanol–water partition coefficient (Wildman–Crippen LogP) is 12.1. The molecule has 0 radical (unpaired) electrons. The number of aromatic nitrogens is 1. The minimum Gasteiger partial charge on any atom is -0.455 e. The van der Waals surface area contributed by atoms with E-state index in [1.807, 2.05) is 36.5 Å². The van der Waals surface area contributed by atoms with Gasteiger partial charge in [-0.3, -0.25) is 4.98 Å². The van der Waals surface area contributed by atoms with Crippen LogP contribution in [-0.2, 0) is 0 Å². The number of para-hydroxylation sites is 1. The van der Waals surface area contributed by atoms with Crippen molar-refractivity contribution in [2.24, 2.45) is 0 Å². The molecule has 7 aromatic carbocycles. The maximum Gasteiger partial charge on any atom is 0.143 e. The summed E-state index contributed by atoms with van der Waals surface area (Å²) in [5, 5.41) is 6.95. The summed E-state index contributed by atoms with van der Waals surface area (Å²) in [4.78, 5) is 6.87. The van der Waals surface area contributed by atoms with Crippen LogP contribution in [-0.4, -0.2) is 4.98 Å². The second-order valence-electron chi connectivity index (χ2n) is 11.6. The van der Waals surface area contributed by atoms with E-state index in [2.05, 4.69) is 143 Å². The van der Waals surface area contributed by atoms with E-state index in [4.69, 9.17) is 4.42 Å². The van der Waals surface area contributed by atoms with Crippen molar-refractivity contribution in [1.29, 1.82) is 0 Å². The van der Waals surface area contributed by atoms with Crippen molar-refractivity contribution in [3.63, 3.8) is 0 Å². The molecule has 0 bridgehead atoms. The van der Waals surface area contributed by atoms with Crippen molar-refractivity contribution >= 4 is 60.5 Å². The predicted molar refractivity (Wildman–Crippen MR) is 192 cm³/mol. The SMILES string of the molecule is c1ccc(-c2ccc(N(c3ccc(-c4ccccn4)cc3)c3ccc4c(ccc5ccc6c7ccccc7oc6c54)c3)cc2)cc1. The second-order valence-corrected chi connectivity index (χ2v) is 11.6. The Labute approximate surface area is 266 Å². The van der Waals surface area contributed by atoms with E-state index in [0.717, 1.165) is 61.0 Å². The van der Waals surface area contributed by atoms with E-state index in [-0.39, 0.29) is 0 Å². The number of hydrogen-bond donors (Lipinski definition) is 0. The molecule has 3 nitrogen and oxygen atoms in total. The number of anilines is 3. The van der Waals surface area contributed by atoms with Gasteiger partial charge in [0.1, 0.15) is 11.2 Å². The molecule has 0 saturated carbocycles. The normalized spacial score (nSPS) is 11.5. The maximum absolute atomic E-state index is 6.47. The minimum absolute atomic E-state index is 0.915. The molecule has 9 rings (SSSR count). The Kier molecular flexibility index (Phi) is 6.14. The lowest BCUT2D eigenvalue weighted by molar-refractivity contribution is 0.673. The Morgan fingerprint density at radius 3 is 1.85 bits per heavy atom.